The fourth-order valence-electron chi connectivity index (χ4n) is 2.38. The van der Waals surface area contributed by atoms with Gasteiger partial charge in [-0.05, 0) is 49.9 Å². The molecule has 0 radical (unpaired) electrons. The standard InChI is InChI=1S/C17H20FN3O2S/c1-10-16(17(22)20-8-14(19)11-2-3-11)24-15(21-10)9-23-13-6-4-12(18)5-7-13/h4-7,11,14H,2-3,8-9,19H2,1H3,(H,20,22). The summed E-state index contributed by atoms with van der Waals surface area (Å²) in [5.74, 6) is 0.656. The number of hydrogen-bond acceptors (Lipinski definition) is 5. The first-order valence-electron chi connectivity index (χ1n) is 7.91. The number of nitrogens with zero attached hydrogens (tertiary/aromatic N) is 1. The number of rotatable bonds is 7. The van der Waals surface area contributed by atoms with E-state index in [1.54, 1.807) is 19.1 Å². The van der Waals surface area contributed by atoms with Gasteiger partial charge in [-0.2, -0.15) is 0 Å². The summed E-state index contributed by atoms with van der Waals surface area (Å²) in [6.07, 6.45) is 2.31. The molecule has 1 unspecified atom stereocenters. The molecule has 1 aromatic carbocycles. The lowest BCUT2D eigenvalue weighted by Gasteiger charge is -2.10. The maximum Gasteiger partial charge on any atom is 0.263 e. The normalized spacial score (nSPS) is 15.1. The summed E-state index contributed by atoms with van der Waals surface area (Å²) < 4.78 is 18.4. The van der Waals surface area contributed by atoms with Crippen LogP contribution in [-0.2, 0) is 6.61 Å². The van der Waals surface area contributed by atoms with Gasteiger partial charge in [0.15, 0.2) is 0 Å². The highest BCUT2D eigenvalue weighted by Gasteiger charge is 2.28. The highest BCUT2D eigenvalue weighted by Crippen LogP contribution is 2.31. The van der Waals surface area contributed by atoms with Crippen molar-refractivity contribution in [2.24, 2.45) is 11.7 Å². The first-order valence-corrected chi connectivity index (χ1v) is 8.73. The Hall–Kier alpha value is -1.99. The van der Waals surface area contributed by atoms with Crippen LogP contribution in [0.5, 0.6) is 5.75 Å². The minimum atomic E-state index is -0.309. The molecule has 24 heavy (non-hydrogen) atoms. The van der Waals surface area contributed by atoms with Crippen molar-refractivity contribution in [1.82, 2.24) is 10.3 Å². The van der Waals surface area contributed by atoms with Crippen LogP contribution in [0.2, 0.25) is 0 Å². The first-order chi connectivity index (χ1) is 11.5. The fraction of sp³-hybridized carbons (Fsp3) is 0.412. The van der Waals surface area contributed by atoms with Crippen LogP contribution in [0.15, 0.2) is 24.3 Å². The summed E-state index contributed by atoms with van der Waals surface area (Å²) in [5, 5.41) is 3.58. The maximum absolute atomic E-state index is 12.9. The van der Waals surface area contributed by atoms with E-state index in [1.807, 2.05) is 0 Å². The smallest absolute Gasteiger partial charge is 0.263 e. The molecule has 1 aliphatic rings. The average molecular weight is 349 g/mol. The van der Waals surface area contributed by atoms with E-state index < -0.39 is 0 Å². The monoisotopic (exact) mass is 349 g/mol. The summed E-state index contributed by atoms with van der Waals surface area (Å²) in [5.41, 5.74) is 6.67. The quantitative estimate of drug-likeness (QED) is 0.806. The molecule has 0 bridgehead atoms. The van der Waals surface area contributed by atoms with Crippen LogP contribution in [0, 0.1) is 18.7 Å². The minimum absolute atomic E-state index is 0.0310. The Labute approximate surface area is 144 Å². The van der Waals surface area contributed by atoms with Gasteiger partial charge >= 0.3 is 0 Å². The predicted octanol–water partition coefficient (Wildman–Crippen LogP) is 2.64. The van der Waals surface area contributed by atoms with Gasteiger partial charge in [-0.3, -0.25) is 4.79 Å². The third-order valence-electron chi connectivity index (χ3n) is 3.95. The van der Waals surface area contributed by atoms with Gasteiger partial charge < -0.3 is 15.8 Å². The predicted molar refractivity (Wildman–Crippen MR) is 90.6 cm³/mol. The van der Waals surface area contributed by atoms with E-state index in [4.69, 9.17) is 10.5 Å². The lowest BCUT2D eigenvalue weighted by Crippen LogP contribution is -2.38. The molecule has 7 heteroatoms. The minimum Gasteiger partial charge on any atom is -0.486 e. The molecule has 0 spiro atoms. The van der Waals surface area contributed by atoms with Gasteiger partial charge in [0, 0.05) is 12.6 Å². The Balaban J connectivity index is 1.55. The molecule has 1 amide bonds. The Morgan fingerprint density at radius 1 is 1.46 bits per heavy atom. The summed E-state index contributed by atoms with van der Waals surface area (Å²) >= 11 is 1.30. The first kappa shape index (κ1) is 16.9. The zero-order chi connectivity index (χ0) is 17.1. The number of benzene rings is 1. The van der Waals surface area contributed by atoms with Crippen molar-refractivity contribution >= 4 is 17.2 Å². The van der Waals surface area contributed by atoms with Crippen LogP contribution in [0.4, 0.5) is 4.39 Å². The molecular weight excluding hydrogens is 329 g/mol. The van der Waals surface area contributed by atoms with Gasteiger partial charge in [0.05, 0.1) is 5.69 Å². The molecule has 1 aliphatic carbocycles. The molecule has 5 nitrogen and oxygen atoms in total. The van der Waals surface area contributed by atoms with Crippen molar-refractivity contribution in [2.75, 3.05) is 6.54 Å². The SMILES string of the molecule is Cc1nc(COc2ccc(F)cc2)sc1C(=O)NCC(N)C1CC1. The van der Waals surface area contributed by atoms with E-state index in [2.05, 4.69) is 10.3 Å². The van der Waals surface area contributed by atoms with Crippen LogP contribution >= 0.6 is 11.3 Å². The van der Waals surface area contributed by atoms with Crippen LogP contribution in [-0.4, -0.2) is 23.5 Å². The maximum atomic E-state index is 12.9. The van der Waals surface area contributed by atoms with Crippen molar-refractivity contribution in [3.63, 3.8) is 0 Å². The molecule has 3 rings (SSSR count). The molecule has 1 saturated carbocycles. The number of halogens is 1. The molecule has 1 heterocycles. The summed E-state index contributed by atoms with van der Waals surface area (Å²) in [6.45, 7) is 2.53. The summed E-state index contributed by atoms with van der Waals surface area (Å²) in [4.78, 5) is 17.2. The van der Waals surface area contributed by atoms with Crippen LogP contribution in [0.3, 0.4) is 0 Å². The third kappa shape index (κ3) is 4.30. The van der Waals surface area contributed by atoms with Crippen molar-refractivity contribution in [3.8, 4) is 5.75 Å². The second-order valence-electron chi connectivity index (χ2n) is 5.98. The van der Waals surface area contributed by atoms with Gasteiger partial charge in [-0.25, -0.2) is 9.37 Å². The van der Waals surface area contributed by atoms with Crippen LogP contribution in [0.25, 0.3) is 0 Å². The van der Waals surface area contributed by atoms with Crippen molar-refractivity contribution < 1.29 is 13.9 Å². The molecule has 3 N–H and O–H groups in total. The Morgan fingerprint density at radius 3 is 2.83 bits per heavy atom. The number of nitrogens with two attached hydrogens (primary N) is 1. The molecule has 1 fully saturated rings. The van der Waals surface area contributed by atoms with Gasteiger partial charge in [0.1, 0.15) is 28.1 Å². The topological polar surface area (TPSA) is 77.2 Å². The van der Waals surface area contributed by atoms with E-state index in [0.717, 1.165) is 12.8 Å². The summed E-state index contributed by atoms with van der Waals surface area (Å²) in [7, 11) is 0. The van der Waals surface area contributed by atoms with Gasteiger partial charge in [0.25, 0.3) is 5.91 Å². The molecule has 1 aromatic heterocycles. The largest absolute Gasteiger partial charge is 0.486 e. The van der Waals surface area contributed by atoms with E-state index in [9.17, 15) is 9.18 Å². The highest BCUT2D eigenvalue weighted by atomic mass is 32.1. The summed E-state index contributed by atoms with van der Waals surface area (Å²) in [6, 6.07) is 5.82. The Kier molecular flexibility index (Phi) is 5.11. The number of aryl methyl sites for hydroxylation is 1. The number of aromatic nitrogens is 1. The second kappa shape index (κ2) is 7.27. The van der Waals surface area contributed by atoms with Crippen LogP contribution < -0.4 is 15.8 Å². The van der Waals surface area contributed by atoms with E-state index in [0.29, 0.717) is 33.8 Å². The fourth-order valence-corrected chi connectivity index (χ4v) is 3.28. The van der Waals surface area contributed by atoms with E-state index in [1.165, 1.54) is 23.5 Å². The molecule has 0 aliphatic heterocycles. The highest BCUT2D eigenvalue weighted by molar-refractivity contribution is 7.13. The molecule has 0 saturated heterocycles. The van der Waals surface area contributed by atoms with Crippen molar-refractivity contribution in [2.45, 2.75) is 32.4 Å². The molecular formula is C17H20FN3O2S. The third-order valence-corrected chi connectivity index (χ3v) is 5.08. The Bertz CT molecular complexity index is 713. The lowest BCUT2D eigenvalue weighted by atomic mass is 10.2. The second-order valence-corrected chi connectivity index (χ2v) is 7.06. The number of carbonyl (C=O) groups excluding carboxylic acids is 1. The molecule has 128 valence electrons. The van der Waals surface area contributed by atoms with Crippen molar-refractivity contribution in [3.05, 3.63) is 45.7 Å². The average Bonchev–Trinajstić information content (AvgIpc) is 3.35. The number of ether oxygens (including phenoxy) is 1. The zero-order valence-electron chi connectivity index (χ0n) is 13.4. The number of nitrogens with one attached hydrogen (secondary N) is 1. The molecule has 2 aromatic rings. The van der Waals surface area contributed by atoms with Gasteiger partial charge in [0.2, 0.25) is 0 Å². The number of amides is 1. The number of hydrogen-bond donors (Lipinski definition) is 2. The van der Waals surface area contributed by atoms with E-state index >= 15 is 0 Å². The number of thiazole rings is 1. The van der Waals surface area contributed by atoms with E-state index in [-0.39, 0.29) is 24.4 Å². The van der Waals surface area contributed by atoms with Gasteiger partial charge in [-0.1, -0.05) is 0 Å². The Morgan fingerprint density at radius 2 is 2.17 bits per heavy atom. The number of carbonyl (C=O) groups is 1. The van der Waals surface area contributed by atoms with Crippen LogP contribution in [0.1, 0.15) is 33.2 Å². The lowest BCUT2D eigenvalue weighted by molar-refractivity contribution is 0.0953. The van der Waals surface area contributed by atoms with Gasteiger partial charge in [-0.15, -0.1) is 11.3 Å². The molecule has 1 atom stereocenters. The van der Waals surface area contributed by atoms with Crippen molar-refractivity contribution in [1.29, 1.82) is 0 Å². The zero-order valence-corrected chi connectivity index (χ0v) is 14.2.